The van der Waals surface area contributed by atoms with Gasteiger partial charge in [-0.3, -0.25) is 9.59 Å². The molecule has 4 rings (SSSR count). The summed E-state index contributed by atoms with van der Waals surface area (Å²) in [4.78, 5) is 24.9. The molecule has 28 heavy (non-hydrogen) atoms. The number of nitrogens with zero attached hydrogens (tertiary/aromatic N) is 2. The molecule has 1 unspecified atom stereocenters. The number of hydrogen-bond acceptors (Lipinski definition) is 3. The van der Waals surface area contributed by atoms with Crippen LogP contribution in [0.2, 0.25) is 0 Å². The molecule has 3 aromatic rings. The maximum Gasteiger partial charge on any atom is 0.229 e. The summed E-state index contributed by atoms with van der Waals surface area (Å²) in [6.45, 7) is 1.89. The third-order valence-electron chi connectivity index (χ3n) is 4.81. The summed E-state index contributed by atoms with van der Waals surface area (Å²) in [5.74, 6) is -0.700. The number of nitrogens with one attached hydrogen (secondary N) is 2. The van der Waals surface area contributed by atoms with Gasteiger partial charge in [-0.1, -0.05) is 18.2 Å². The number of aromatic nitrogens is 2. The fourth-order valence-corrected chi connectivity index (χ4v) is 3.38. The first-order valence-electron chi connectivity index (χ1n) is 9.01. The molecule has 0 bridgehead atoms. The van der Waals surface area contributed by atoms with Crippen LogP contribution < -0.4 is 10.6 Å². The zero-order chi connectivity index (χ0) is 19.7. The van der Waals surface area contributed by atoms with Gasteiger partial charge >= 0.3 is 0 Å². The normalized spacial score (nSPS) is 15.6. The van der Waals surface area contributed by atoms with Crippen molar-refractivity contribution in [3.05, 3.63) is 71.7 Å². The molecule has 1 aliphatic heterocycles. The van der Waals surface area contributed by atoms with E-state index in [1.807, 2.05) is 37.3 Å². The minimum absolute atomic E-state index is 0.0403. The van der Waals surface area contributed by atoms with Crippen molar-refractivity contribution in [3.63, 3.8) is 0 Å². The van der Waals surface area contributed by atoms with Gasteiger partial charge in [0.2, 0.25) is 11.8 Å². The highest BCUT2D eigenvalue weighted by Crippen LogP contribution is 2.32. The van der Waals surface area contributed by atoms with Gasteiger partial charge in [0.25, 0.3) is 0 Å². The second-order valence-electron chi connectivity index (χ2n) is 6.81. The maximum atomic E-state index is 13.0. The van der Waals surface area contributed by atoms with Crippen molar-refractivity contribution in [2.75, 3.05) is 10.6 Å². The quantitative estimate of drug-likeness (QED) is 0.730. The molecule has 6 nitrogen and oxygen atoms in total. The van der Waals surface area contributed by atoms with Crippen LogP contribution in [-0.4, -0.2) is 21.6 Å². The zero-order valence-corrected chi connectivity index (χ0v) is 15.3. The van der Waals surface area contributed by atoms with Crippen LogP contribution in [0.4, 0.5) is 15.9 Å². The van der Waals surface area contributed by atoms with Crippen LogP contribution in [0.1, 0.15) is 17.7 Å². The summed E-state index contributed by atoms with van der Waals surface area (Å²) < 4.78 is 14.7. The average Bonchev–Trinajstić information content (AvgIpc) is 3.00. The van der Waals surface area contributed by atoms with Crippen molar-refractivity contribution in [3.8, 4) is 5.69 Å². The lowest BCUT2D eigenvalue weighted by atomic mass is 9.91. The van der Waals surface area contributed by atoms with Crippen LogP contribution >= 0.6 is 0 Å². The Bertz CT molecular complexity index is 1030. The largest absolute Gasteiger partial charge is 0.326 e. The highest BCUT2D eigenvalue weighted by Gasteiger charge is 2.32. The Morgan fingerprint density at radius 2 is 1.93 bits per heavy atom. The first kappa shape index (κ1) is 17.9. The van der Waals surface area contributed by atoms with E-state index >= 15 is 0 Å². The second-order valence-corrected chi connectivity index (χ2v) is 6.81. The fourth-order valence-electron chi connectivity index (χ4n) is 3.38. The molecule has 0 spiro atoms. The van der Waals surface area contributed by atoms with Gasteiger partial charge in [-0.15, -0.1) is 0 Å². The molecule has 2 aromatic carbocycles. The van der Waals surface area contributed by atoms with Gasteiger partial charge in [-0.2, -0.15) is 5.10 Å². The number of para-hydroxylation sites is 1. The molecule has 0 fully saturated rings. The fraction of sp³-hybridized carbons (Fsp3) is 0.190. The van der Waals surface area contributed by atoms with Crippen molar-refractivity contribution in [2.24, 2.45) is 5.92 Å². The van der Waals surface area contributed by atoms with Crippen LogP contribution in [-0.2, 0) is 16.0 Å². The molecule has 2 heterocycles. The van der Waals surface area contributed by atoms with E-state index in [2.05, 4.69) is 15.7 Å². The first-order valence-corrected chi connectivity index (χ1v) is 9.01. The zero-order valence-electron chi connectivity index (χ0n) is 15.3. The molecule has 0 saturated carbocycles. The van der Waals surface area contributed by atoms with E-state index < -0.39 is 5.92 Å². The Labute approximate surface area is 161 Å². The number of halogens is 1. The van der Waals surface area contributed by atoms with Crippen molar-refractivity contribution < 1.29 is 14.0 Å². The van der Waals surface area contributed by atoms with Gasteiger partial charge in [0.05, 0.1) is 17.3 Å². The number of aryl methyl sites for hydroxylation is 1. The number of hydrogen-bond donors (Lipinski definition) is 2. The van der Waals surface area contributed by atoms with Gasteiger partial charge in [-0.25, -0.2) is 9.07 Å². The molecule has 2 amide bonds. The number of fused-ring (bicyclic) bond motifs is 1. The monoisotopic (exact) mass is 378 g/mol. The Balaban J connectivity index is 1.51. The number of benzene rings is 2. The molecule has 0 aliphatic carbocycles. The lowest BCUT2D eigenvalue weighted by molar-refractivity contribution is -0.125. The van der Waals surface area contributed by atoms with Crippen molar-refractivity contribution in [1.82, 2.24) is 9.78 Å². The Morgan fingerprint density at radius 3 is 2.64 bits per heavy atom. The van der Waals surface area contributed by atoms with E-state index in [1.165, 1.54) is 24.3 Å². The van der Waals surface area contributed by atoms with E-state index in [4.69, 9.17) is 0 Å². The molecule has 1 atom stereocenters. The lowest BCUT2D eigenvalue weighted by Crippen LogP contribution is -2.33. The second kappa shape index (κ2) is 7.26. The lowest BCUT2D eigenvalue weighted by Gasteiger charge is -2.23. The smallest absolute Gasteiger partial charge is 0.229 e. The minimum Gasteiger partial charge on any atom is -0.326 e. The highest BCUT2D eigenvalue weighted by atomic mass is 19.1. The number of carbonyl (C=O) groups is 2. The Kier molecular flexibility index (Phi) is 4.65. The molecular formula is C21H19FN4O2. The Hall–Kier alpha value is -3.48. The predicted octanol–water partition coefficient (Wildman–Crippen LogP) is 3.46. The minimum atomic E-state index is -0.486. The Morgan fingerprint density at radius 1 is 1.21 bits per heavy atom. The molecule has 0 saturated heterocycles. The highest BCUT2D eigenvalue weighted by molar-refractivity contribution is 6.00. The molecule has 2 N–H and O–H groups in total. The van der Waals surface area contributed by atoms with Crippen LogP contribution in [0, 0.1) is 18.7 Å². The van der Waals surface area contributed by atoms with E-state index in [0.29, 0.717) is 17.9 Å². The topological polar surface area (TPSA) is 76.0 Å². The number of carbonyl (C=O) groups excluding carboxylic acids is 2. The van der Waals surface area contributed by atoms with Crippen LogP contribution in [0.25, 0.3) is 5.69 Å². The molecule has 0 radical (unpaired) electrons. The van der Waals surface area contributed by atoms with Gasteiger partial charge < -0.3 is 10.6 Å². The van der Waals surface area contributed by atoms with E-state index in [9.17, 15) is 14.0 Å². The van der Waals surface area contributed by atoms with Crippen LogP contribution in [0.5, 0.6) is 0 Å². The van der Waals surface area contributed by atoms with Crippen molar-refractivity contribution in [2.45, 2.75) is 19.8 Å². The summed E-state index contributed by atoms with van der Waals surface area (Å²) in [6.07, 6.45) is 0.481. The van der Waals surface area contributed by atoms with E-state index in [0.717, 1.165) is 16.9 Å². The van der Waals surface area contributed by atoms with Gasteiger partial charge in [0.15, 0.2) is 0 Å². The van der Waals surface area contributed by atoms with Crippen LogP contribution in [0.3, 0.4) is 0 Å². The van der Waals surface area contributed by atoms with Crippen LogP contribution in [0.15, 0.2) is 54.6 Å². The molecule has 7 heteroatoms. The predicted molar refractivity (Wildman–Crippen MR) is 104 cm³/mol. The standard InChI is InChI=1S/C21H19FN4O2/c1-13-18-11-14(12-19(27)23-16-9-7-15(22)8-10-16)21(28)24-20(18)26(25-13)17-5-3-2-4-6-17/h2-10,14H,11-12H2,1H3,(H,23,27)(H,24,28). The first-order chi connectivity index (χ1) is 13.5. The van der Waals surface area contributed by atoms with Gasteiger partial charge in [-0.05, 0) is 49.7 Å². The van der Waals surface area contributed by atoms with Crippen molar-refractivity contribution in [1.29, 1.82) is 0 Å². The van der Waals surface area contributed by atoms with Gasteiger partial charge in [0.1, 0.15) is 11.6 Å². The average molecular weight is 378 g/mol. The molecular weight excluding hydrogens is 359 g/mol. The summed E-state index contributed by atoms with van der Waals surface area (Å²) in [5, 5.41) is 10.2. The third kappa shape index (κ3) is 3.51. The van der Waals surface area contributed by atoms with E-state index in [1.54, 1.807) is 4.68 Å². The molecule has 1 aromatic heterocycles. The number of amides is 2. The summed E-state index contributed by atoms with van der Waals surface area (Å²) >= 11 is 0. The summed E-state index contributed by atoms with van der Waals surface area (Å²) in [5.41, 5.74) is 3.11. The maximum absolute atomic E-state index is 13.0. The number of anilines is 2. The summed E-state index contributed by atoms with van der Waals surface area (Å²) in [7, 11) is 0. The van der Waals surface area contributed by atoms with E-state index in [-0.39, 0.29) is 24.1 Å². The number of rotatable bonds is 4. The molecule has 142 valence electrons. The SMILES string of the molecule is Cc1nn(-c2ccccc2)c2c1CC(CC(=O)Nc1ccc(F)cc1)C(=O)N2. The van der Waals surface area contributed by atoms with Crippen molar-refractivity contribution >= 4 is 23.3 Å². The van der Waals surface area contributed by atoms with Gasteiger partial charge in [0, 0.05) is 17.7 Å². The third-order valence-corrected chi connectivity index (χ3v) is 4.81. The summed E-state index contributed by atoms with van der Waals surface area (Å²) in [6, 6.07) is 15.1. The molecule has 1 aliphatic rings.